The Labute approximate surface area is 121 Å². The molecule has 0 spiro atoms. The number of hydrogen-bond donors (Lipinski definition) is 2. The average molecular weight is 302 g/mol. The highest BCUT2D eigenvalue weighted by atomic mass is 35.5. The molecule has 0 atom stereocenters. The van der Waals surface area contributed by atoms with Crippen LogP contribution in [-0.2, 0) is 9.59 Å². The van der Waals surface area contributed by atoms with Gasteiger partial charge in [-0.2, -0.15) is 5.10 Å². The van der Waals surface area contributed by atoms with E-state index in [0.29, 0.717) is 15.6 Å². The minimum atomic E-state index is -0.854. The van der Waals surface area contributed by atoms with Crippen molar-refractivity contribution in [2.75, 3.05) is 0 Å². The molecule has 0 aliphatic carbocycles. The molecule has 1 rings (SSSR count). The van der Waals surface area contributed by atoms with Crippen LogP contribution in [0.25, 0.3) is 0 Å². The second kappa shape index (κ2) is 7.11. The van der Waals surface area contributed by atoms with Crippen LogP contribution in [0, 0.1) is 0 Å². The van der Waals surface area contributed by atoms with E-state index in [1.807, 2.05) is 0 Å². The lowest BCUT2D eigenvalue weighted by Crippen LogP contribution is -2.41. The minimum absolute atomic E-state index is 0.125. The standard InChI is InChI=1S/C12H13Cl2N3O2/c1-7(2)16-11(18)12(19)17-15-6-8-9(13)4-3-5-10(8)14/h3-7H,1-2H3,(H,16,18)(H,17,19). The molecular weight excluding hydrogens is 289 g/mol. The molecule has 5 nitrogen and oxygen atoms in total. The molecule has 1 aromatic carbocycles. The number of amides is 2. The molecule has 0 radical (unpaired) electrons. The second-order valence-electron chi connectivity index (χ2n) is 3.96. The number of rotatable bonds is 3. The molecule has 0 aliphatic rings. The zero-order chi connectivity index (χ0) is 14.4. The van der Waals surface area contributed by atoms with Gasteiger partial charge in [-0.3, -0.25) is 9.59 Å². The Balaban J connectivity index is 2.64. The fourth-order valence-corrected chi connectivity index (χ4v) is 1.66. The summed E-state index contributed by atoms with van der Waals surface area (Å²) in [5.41, 5.74) is 2.56. The Kier molecular flexibility index (Phi) is 5.79. The van der Waals surface area contributed by atoms with Crippen LogP contribution in [0.1, 0.15) is 19.4 Å². The predicted octanol–water partition coefficient (Wildman–Crippen LogP) is 1.97. The maximum absolute atomic E-state index is 11.3. The molecule has 0 fully saturated rings. The normalized spacial score (nSPS) is 10.8. The van der Waals surface area contributed by atoms with Crippen molar-refractivity contribution < 1.29 is 9.59 Å². The van der Waals surface area contributed by atoms with Gasteiger partial charge in [0.1, 0.15) is 0 Å². The maximum atomic E-state index is 11.3. The Bertz CT molecular complexity index is 495. The van der Waals surface area contributed by atoms with E-state index < -0.39 is 11.8 Å². The molecule has 0 aromatic heterocycles. The lowest BCUT2D eigenvalue weighted by Gasteiger charge is -2.06. The van der Waals surface area contributed by atoms with E-state index in [2.05, 4.69) is 15.8 Å². The average Bonchev–Trinajstić information content (AvgIpc) is 2.31. The number of carbonyl (C=O) groups excluding carboxylic acids is 2. The van der Waals surface area contributed by atoms with Gasteiger partial charge in [0.15, 0.2) is 0 Å². The third-order valence-electron chi connectivity index (χ3n) is 1.99. The lowest BCUT2D eigenvalue weighted by molar-refractivity contribution is -0.139. The van der Waals surface area contributed by atoms with Crippen molar-refractivity contribution >= 4 is 41.2 Å². The highest BCUT2D eigenvalue weighted by molar-refractivity contribution is 6.38. The van der Waals surface area contributed by atoms with Crippen LogP contribution in [0.3, 0.4) is 0 Å². The van der Waals surface area contributed by atoms with Crippen LogP contribution in [0.4, 0.5) is 0 Å². The Hall–Kier alpha value is -1.59. The largest absolute Gasteiger partial charge is 0.346 e. The molecule has 102 valence electrons. The van der Waals surface area contributed by atoms with Gasteiger partial charge >= 0.3 is 11.8 Å². The van der Waals surface area contributed by atoms with Crippen molar-refractivity contribution in [3.8, 4) is 0 Å². The summed E-state index contributed by atoms with van der Waals surface area (Å²) in [6, 6.07) is 4.85. The molecule has 0 saturated heterocycles. The van der Waals surface area contributed by atoms with E-state index in [1.54, 1.807) is 32.0 Å². The van der Waals surface area contributed by atoms with Crippen LogP contribution < -0.4 is 10.7 Å². The van der Waals surface area contributed by atoms with Gasteiger partial charge in [0.2, 0.25) is 0 Å². The van der Waals surface area contributed by atoms with Gasteiger partial charge in [-0.1, -0.05) is 29.3 Å². The maximum Gasteiger partial charge on any atom is 0.329 e. The molecule has 1 aromatic rings. The lowest BCUT2D eigenvalue weighted by atomic mass is 10.2. The highest BCUT2D eigenvalue weighted by Crippen LogP contribution is 2.21. The molecular formula is C12H13Cl2N3O2. The number of halogens is 2. The molecule has 0 heterocycles. The molecule has 2 N–H and O–H groups in total. The molecule has 0 saturated carbocycles. The first-order valence-corrected chi connectivity index (χ1v) is 6.25. The summed E-state index contributed by atoms with van der Waals surface area (Å²) in [5.74, 6) is -1.61. The third-order valence-corrected chi connectivity index (χ3v) is 2.64. The number of nitrogens with zero attached hydrogens (tertiary/aromatic N) is 1. The fourth-order valence-electron chi connectivity index (χ4n) is 1.17. The Morgan fingerprint density at radius 1 is 1.21 bits per heavy atom. The molecule has 0 bridgehead atoms. The summed E-state index contributed by atoms with van der Waals surface area (Å²) in [4.78, 5) is 22.6. The van der Waals surface area contributed by atoms with Crippen molar-refractivity contribution in [3.05, 3.63) is 33.8 Å². The van der Waals surface area contributed by atoms with Crippen LogP contribution in [0.5, 0.6) is 0 Å². The SMILES string of the molecule is CC(C)NC(=O)C(=O)NN=Cc1c(Cl)cccc1Cl. The summed E-state index contributed by atoms with van der Waals surface area (Å²) in [7, 11) is 0. The summed E-state index contributed by atoms with van der Waals surface area (Å²) < 4.78 is 0. The second-order valence-corrected chi connectivity index (χ2v) is 4.78. The number of hydrazone groups is 1. The quantitative estimate of drug-likeness (QED) is 0.509. The topological polar surface area (TPSA) is 70.6 Å². The van der Waals surface area contributed by atoms with Gasteiger partial charge in [-0.25, -0.2) is 5.43 Å². The molecule has 2 amide bonds. The van der Waals surface area contributed by atoms with Crippen molar-refractivity contribution in [3.63, 3.8) is 0 Å². The van der Waals surface area contributed by atoms with Crippen molar-refractivity contribution in [1.29, 1.82) is 0 Å². The number of hydrogen-bond acceptors (Lipinski definition) is 3. The number of carbonyl (C=O) groups is 2. The first-order valence-electron chi connectivity index (χ1n) is 5.49. The summed E-state index contributed by atoms with van der Waals surface area (Å²) in [6.07, 6.45) is 1.28. The van der Waals surface area contributed by atoms with Crippen molar-refractivity contribution in [2.45, 2.75) is 19.9 Å². The zero-order valence-electron chi connectivity index (χ0n) is 10.4. The van der Waals surface area contributed by atoms with E-state index in [1.165, 1.54) is 6.21 Å². The van der Waals surface area contributed by atoms with E-state index >= 15 is 0 Å². The Morgan fingerprint density at radius 3 is 2.32 bits per heavy atom. The van der Waals surface area contributed by atoms with E-state index in [0.717, 1.165) is 0 Å². The van der Waals surface area contributed by atoms with E-state index in [-0.39, 0.29) is 6.04 Å². The number of benzene rings is 1. The van der Waals surface area contributed by atoms with Gasteiger partial charge in [0.05, 0.1) is 16.3 Å². The van der Waals surface area contributed by atoms with Crippen LogP contribution >= 0.6 is 23.2 Å². The molecule has 0 unspecified atom stereocenters. The monoisotopic (exact) mass is 301 g/mol. The van der Waals surface area contributed by atoms with Gasteiger partial charge < -0.3 is 5.32 Å². The summed E-state index contributed by atoms with van der Waals surface area (Å²) in [6.45, 7) is 3.50. The van der Waals surface area contributed by atoms with Gasteiger partial charge in [0.25, 0.3) is 0 Å². The number of nitrogens with one attached hydrogen (secondary N) is 2. The summed E-state index contributed by atoms with van der Waals surface area (Å²) in [5, 5.41) is 6.87. The van der Waals surface area contributed by atoms with Crippen LogP contribution in [0.2, 0.25) is 10.0 Å². The molecule has 7 heteroatoms. The van der Waals surface area contributed by atoms with Gasteiger partial charge in [-0.05, 0) is 26.0 Å². The first-order chi connectivity index (χ1) is 8.91. The van der Waals surface area contributed by atoms with Crippen LogP contribution in [0.15, 0.2) is 23.3 Å². The smallest absolute Gasteiger partial charge is 0.329 e. The fraction of sp³-hybridized carbons (Fsp3) is 0.250. The van der Waals surface area contributed by atoms with Gasteiger partial charge in [-0.15, -0.1) is 0 Å². The molecule has 0 aliphatic heterocycles. The van der Waals surface area contributed by atoms with E-state index in [9.17, 15) is 9.59 Å². The van der Waals surface area contributed by atoms with Crippen molar-refractivity contribution in [2.24, 2.45) is 5.10 Å². The third kappa shape index (κ3) is 4.89. The minimum Gasteiger partial charge on any atom is -0.346 e. The first kappa shape index (κ1) is 15.5. The zero-order valence-corrected chi connectivity index (χ0v) is 11.9. The van der Waals surface area contributed by atoms with Crippen molar-refractivity contribution in [1.82, 2.24) is 10.7 Å². The van der Waals surface area contributed by atoms with Gasteiger partial charge in [0, 0.05) is 11.6 Å². The summed E-state index contributed by atoms with van der Waals surface area (Å²) >= 11 is 11.8. The van der Waals surface area contributed by atoms with E-state index in [4.69, 9.17) is 23.2 Å². The van der Waals surface area contributed by atoms with Crippen LogP contribution in [-0.4, -0.2) is 24.1 Å². The Morgan fingerprint density at radius 2 is 1.79 bits per heavy atom. The molecule has 19 heavy (non-hydrogen) atoms. The highest BCUT2D eigenvalue weighted by Gasteiger charge is 2.13. The predicted molar refractivity (Wildman–Crippen MR) is 75.5 cm³/mol.